The highest BCUT2D eigenvalue weighted by Crippen LogP contribution is 2.12. The van der Waals surface area contributed by atoms with Crippen LogP contribution in [-0.4, -0.2) is 26.4 Å². The molecule has 0 atom stereocenters. The largest absolute Gasteiger partial charge is 0.358 e. The van der Waals surface area contributed by atoms with E-state index in [9.17, 15) is 0 Å². The van der Waals surface area contributed by atoms with E-state index >= 15 is 0 Å². The minimum absolute atomic E-state index is 0.820. The number of aromatic nitrogens is 4. The average molecular weight is 191 g/mol. The molecule has 0 unspecified atom stereocenters. The molecule has 1 N–H and O–H groups in total. The third-order valence-corrected chi connectivity index (χ3v) is 2.09. The summed E-state index contributed by atoms with van der Waals surface area (Å²) in [6.07, 6.45) is 7.48. The minimum atomic E-state index is 0.820. The van der Waals surface area contributed by atoms with Crippen LogP contribution in [0.4, 0.5) is 5.95 Å². The van der Waals surface area contributed by atoms with Crippen molar-refractivity contribution in [2.75, 3.05) is 12.4 Å². The Morgan fingerprint density at radius 2 is 2.36 bits per heavy atom. The Balaban J connectivity index is 2.38. The van der Waals surface area contributed by atoms with Crippen LogP contribution in [0.25, 0.3) is 5.69 Å². The fourth-order valence-corrected chi connectivity index (χ4v) is 1.35. The van der Waals surface area contributed by atoms with Crippen LogP contribution in [0.3, 0.4) is 0 Å². The molecule has 14 heavy (non-hydrogen) atoms. The molecule has 2 heterocycles. The molecule has 74 valence electrons. The normalized spacial score (nSPS) is 10.4. The molecule has 0 aliphatic rings. The number of nitrogens with one attached hydrogen (secondary N) is 1. The highest BCUT2D eigenvalue weighted by molar-refractivity contribution is 5.38. The maximum absolute atomic E-state index is 4.21. The fourth-order valence-electron chi connectivity index (χ4n) is 1.35. The summed E-state index contributed by atoms with van der Waals surface area (Å²) in [6.45, 7) is 2.94. The number of rotatable bonds is 3. The standard InChI is InChI=1S/C9H13N5/c1-3-13-7-8(6-12-13)14-5-4-11-9(14)10-2/h4-7H,3H2,1-2H3,(H,10,11). The van der Waals surface area contributed by atoms with Crippen molar-refractivity contribution in [1.29, 1.82) is 0 Å². The van der Waals surface area contributed by atoms with E-state index in [4.69, 9.17) is 0 Å². The van der Waals surface area contributed by atoms with Crippen LogP contribution in [0.15, 0.2) is 24.8 Å². The minimum Gasteiger partial charge on any atom is -0.358 e. The molecule has 2 rings (SSSR count). The van der Waals surface area contributed by atoms with Crippen LogP contribution in [0.2, 0.25) is 0 Å². The van der Waals surface area contributed by atoms with E-state index in [-0.39, 0.29) is 0 Å². The molecule has 0 bridgehead atoms. The van der Waals surface area contributed by atoms with Crippen molar-refractivity contribution < 1.29 is 0 Å². The first kappa shape index (κ1) is 8.80. The first-order valence-electron chi connectivity index (χ1n) is 4.59. The Bertz CT molecular complexity index is 414. The van der Waals surface area contributed by atoms with Crippen molar-refractivity contribution in [3.63, 3.8) is 0 Å². The van der Waals surface area contributed by atoms with Crippen molar-refractivity contribution >= 4 is 5.95 Å². The van der Waals surface area contributed by atoms with Gasteiger partial charge in [0.25, 0.3) is 0 Å². The number of nitrogens with zero attached hydrogens (tertiary/aromatic N) is 4. The SMILES string of the molecule is CCn1cc(-n2ccnc2NC)cn1. The summed E-state index contributed by atoms with van der Waals surface area (Å²) in [4.78, 5) is 4.16. The number of hydrogen-bond acceptors (Lipinski definition) is 3. The third kappa shape index (κ3) is 1.37. The van der Waals surface area contributed by atoms with E-state index in [0.29, 0.717) is 0 Å². The van der Waals surface area contributed by atoms with E-state index in [0.717, 1.165) is 18.2 Å². The Morgan fingerprint density at radius 3 is 3.00 bits per heavy atom. The summed E-state index contributed by atoms with van der Waals surface area (Å²) in [6, 6.07) is 0. The van der Waals surface area contributed by atoms with E-state index < -0.39 is 0 Å². The number of imidazole rings is 1. The molecule has 0 aliphatic carbocycles. The number of anilines is 1. The van der Waals surface area contributed by atoms with Gasteiger partial charge in [0.15, 0.2) is 0 Å². The molecule has 0 aliphatic heterocycles. The van der Waals surface area contributed by atoms with Crippen LogP contribution in [0, 0.1) is 0 Å². The van der Waals surface area contributed by atoms with Gasteiger partial charge in [0, 0.05) is 32.2 Å². The third-order valence-electron chi connectivity index (χ3n) is 2.09. The van der Waals surface area contributed by atoms with Crippen molar-refractivity contribution in [3.8, 4) is 5.69 Å². The molecule has 0 saturated carbocycles. The molecule has 0 radical (unpaired) electrons. The number of hydrogen-bond donors (Lipinski definition) is 1. The van der Waals surface area contributed by atoms with Crippen molar-refractivity contribution in [3.05, 3.63) is 24.8 Å². The lowest BCUT2D eigenvalue weighted by Gasteiger charge is -2.02. The zero-order chi connectivity index (χ0) is 9.97. The highest BCUT2D eigenvalue weighted by Gasteiger charge is 2.04. The molecule has 2 aromatic heterocycles. The van der Waals surface area contributed by atoms with Crippen LogP contribution in [0.1, 0.15) is 6.92 Å². The summed E-state index contributed by atoms with van der Waals surface area (Å²) >= 11 is 0. The van der Waals surface area contributed by atoms with Crippen molar-refractivity contribution in [2.24, 2.45) is 0 Å². The topological polar surface area (TPSA) is 47.7 Å². The molecule has 2 aromatic rings. The van der Waals surface area contributed by atoms with Crippen LogP contribution in [-0.2, 0) is 6.54 Å². The average Bonchev–Trinajstić information content (AvgIpc) is 2.85. The second kappa shape index (κ2) is 3.53. The molecule has 0 saturated heterocycles. The predicted molar refractivity (Wildman–Crippen MR) is 54.6 cm³/mol. The number of aryl methyl sites for hydroxylation is 1. The molecular formula is C9H13N5. The maximum atomic E-state index is 4.21. The van der Waals surface area contributed by atoms with Crippen molar-refractivity contribution in [1.82, 2.24) is 19.3 Å². The van der Waals surface area contributed by atoms with Crippen LogP contribution in [0.5, 0.6) is 0 Å². The first-order valence-corrected chi connectivity index (χ1v) is 4.59. The molecule has 0 aromatic carbocycles. The van der Waals surface area contributed by atoms with Gasteiger partial charge in [0.05, 0.1) is 11.9 Å². The Labute approximate surface area is 82.4 Å². The quantitative estimate of drug-likeness (QED) is 0.791. The smallest absolute Gasteiger partial charge is 0.207 e. The van der Waals surface area contributed by atoms with Gasteiger partial charge >= 0.3 is 0 Å². The molecule has 0 fully saturated rings. The molecular weight excluding hydrogens is 178 g/mol. The molecule has 5 nitrogen and oxygen atoms in total. The lowest BCUT2D eigenvalue weighted by Crippen LogP contribution is -1.99. The van der Waals surface area contributed by atoms with E-state index in [1.807, 2.05) is 34.9 Å². The van der Waals surface area contributed by atoms with Gasteiger partial charge in [-0.2, -0.15) is 5.10 Å². The van der Waals surface area contributed by atoms with E-state index in [1.54, 1.807) is 6.20 Å². The van der Waals surface area contributed by atoms with Gasteiger partial charge in [-0.25, -0.2) is 4.98 Å². The van der Waals surface area contributed by atoms with Gasteiger partial charge in [-0.15, -0.1) is 0 Å². The molecule has 0 amide bonds. The zero-order valence-corrected chi connectivity index (χ0v) is 8.31. The van der Waals surface area contributed by atoms with Crippen molar-refractivity contribution in [2.45, 2.75) is 13.5 Å². The van der Waals surface area contributed by atoms with E-state index in [2.05, 4.69) is 22.3 Å². The lowest BCUT2D eigenvalue weighted by atomic mass is 10.5. The summed E-state index contributed by atoms with van der Waals surface area (Å²) in [5.74, 6) is 0.820. The molecule has 5 heteroatoms. The Kier molecular flexibility index (Phi) is 2.22. The van der Waals surface area contributed by atoms with Gasteiger partial charge in [-0.05, 0) is 6.92 Å². The summed E-state index contributed by atoms with van der Waals surface area (Å²) in [5, 5.41) is 7.22. The lowest BCUT2D eigenvalue weighted by molar-refractivity contribution is 0.659. The fraction of sp³-hybridized carbons (Fsp3) is 0.333. The van der Waals surface area contributed by atoms with Gasteiger partial charge < -0.3 is 5.32 Å². The first-order chi connectivity index (χ1) is 6.85. The Hall–Kier alpha value is -1.78. The van der Waals surface area contributed by atoms with Gasteiger partial charge in [-0.1, -0.05) is 0 Å². The monoisotopic (exact) mass is 191 g/mol. The summed E-state index contributed by atoms with van der Waals surface area (Å²) in [7, 11) is 1.85. The van der Waals surface area contributed by atoms with E-state index in [1.165, 1.54) is 0 Å². The highest BCUT2D eigenvalue weighted by atomic mass is 15.3. The van der Waals surface area contributed by atoms with Gasteiger partial charge in [-0.3, -0.25) is 9.25 Å². The maximum Gasteiger partial charge on any atom is 0.207 e. The van der Waals surface area contributed by atoms with Gasteiger partial charge in [0.1, 0.15) is 0 Å². The second-order valence-electron chi connectivity index (χ2n) is 2.93. The summed E-state index contributed by atoms with van der Waals surface area (Å²) in [5.41, 5.74) is 1.02. The van der Waals surface area contributed by atoms with Crippen LogP contribution < -0.4 is 5.32 Å². The summed E-state index contributed by atoms with van der Waals surface area (Å²) < 4.78 is 3.84. The second-order valence-corrected chi connectivity index (χ2v) is 2.93. The predicted octanol–water partition coefficient (Wildman–Crippen LogP) is 1.13. The zero-order valence-electron chi connectivity index (χ0n) is 8.31. The van der Waals surface area contributed by atoms with Crippen LogP contribution >= 0.6 is 0 Å². The molecule has 0 spiro atoms. The van der Waals surface area contributed by atoms with Gasteiger partial charge in [0.2, 0.25) is 5.95 Å². The Morgan fingerprint density at radius 1 is 1.50 bits per heavy atom.